The van der Waals surface area contributed by atoms with Gasteiger partial charge in [0.15, 0.2) is 0 Å². The van der Waals surface area contributed by atoms with E-state index < -0.39 is 8.07 Å². The van der Waals surface area contributed by atoms with Crippen molar-refractivity contribution in [3.63, 3.8) is 0 Å². The van der Waals surface area contributed by atoms with Crippen LogP contribution in [0, 0.1) is 0 Å². The van der Waals surface area contributed by atoms with Crippen molar-refractivity contribution in [2.24, 2.45) is 0 Å². The molecule has 0 aliphatic carbocycles. The van der Waals surface area contributed by atoms with Crippen LogP contribution in [0.1, 0.15) is 26.2 Å². The van der Waals surface area contributed by atoms with Crippen molar-refractivity contribution in [1.29, 1.82) is 0 Å². The third kappa shape index (κ3) is 5.90. The largest absolute Gasteiger partial charge is 0.0850 e. The number of unbranched alkanes of at least 4 members (excludes halogenated alkanes) is 2. The third-order valence-corrected chi connectivity index (χ3v) is 8.53. The van der Waals surface area contributed by atoms with E-state index in [-0.39, 0.29) is 0 Å². The summed E-state index contributed by atoms with van der Waals surface area (Å²) in [6, 6.07) is 0. The smallest absolute Gasteiger partial charge is 0.0794 e. The molecule has 0 aromatic rings. The summed E-state index contributed by atoms with van der Waals surface area (Å²) in [5.74, 6) is 0. The van der Waals surface area contributed by atoms with Crippen molar-refractivity contribution in [3.8, 4) is 0 Å². The molecule has 11 heavy (non-hydrogen) atoms. The van der Waals surface area contributed by atoms with Gasteiger partial charge in [-0.05, 0) is 9.62 Å². The van der Waals surface area contributed by atoms with Crippen LogP contribution in [-0.2, 0) is 0 Å². The molecule has 0 aromatic carbocycles. The number of rotatable bonds is 4. The molecular weight excluding hydrogens is 263 g/mol. The summed E-state index contributed by atoms with van der Waals surface area (Å²) in [6.45, 7) is 9.45. The highest BCUT2D eigenvalue weighted by atomic mass is 127. The lowest BCUT2D eigenvalue weighted by Crippen LogP contribution is -2.20. The highest BCUT2D eigenvalue weighted by Gasteiger charge is 2.15. The average Bonchev–Trinajstić information content (AvgIpc) is 1.86. The number of hydrogen-bond acceptors (Lipinski definition) is 0. The molecular formula is C9H19ISi. The fourth-order valence-corrected chi connectivity index (χ4v) is 1.81. The van der Waals surface area contributed by atoms with Gasteiger partial charge in [-0.2, -0.15) is 0 Å². The minimum atomic E-state index is -0.963. The summed E-state index contributed by atoms with van der Waals surface area (Å²) >= 11 is 2.51. The minimum absolute atomic E-state index is 0.963. The average molecular weight is 282 g/mol. The number of hydrogen-bond donors (Lipinski definition) is 0. The van der Waals surface area contributed by atoms with Crippen molar-refractivity contribution in [2.75, 3.05) is 0 Å². The number of halogens is 1. The molecule has 0 aliphatic heterocycles. The van der Waals surface area contributed by atoms with Crippen LogP contribution in [0.5, 0.6) is 0 Å². The highest BCUT2D eigenvalue weighted by Crippen LogP contribution is 2.21. The van der Waals surface area contributed by atoms with Gasteiger partial charge >= 0.3 is 0 Å². The Morgan fingerprint density at radius 1 is 1.36 bits per heavy atom. The molecule has 0 nitrogen and oxygen atoms in total. The van der Waals surface area contributed by atoms with Gasteiger partial charge in [-0.25, -0.2) is 0 Å². The molecule has 0 aliphatic rings. The Balaban J connectivity index is 3.81. The Hall–Kier alpha value is 0.687. The zero-order valence-electron chi connectivity index (χ0n) is 8.08. The summed E-state index contributed by atoms with van der Waals surface area (Å²) in [6.07, 6.45) is 6.36. The molecule has 0 spiro atoms. The second-order valence-corrected chi connectivity index (χ2v) is 11.2. The maximum atomic E-state index is 2.51. The van der Waals surface area contributed by atoms with Crippen LogP contribution in [0.25, 0.3) is 0 Å². The summed E-state index contributed by atoms with van der Waals surface area (Å²) in [4.78, 5) is 0. The first-order valence-electron chi connectivity index (χ1n) is 4.34. The highest BCUT2D eigenvalue weighted by molar-refractivity contribution is 14.1. The van der Waals surface area contributed by atoms with Gasteiger partial charge in [0, 0.05) is 0 Å². The van der Waals surface area contributed by atoms with Crippen LogP contribution in [0.15, 0.2) is 9.28 Å². The molecule has 0 saturated heterocycles. The summed E-state index contributed by atoms with van der Waals surface area (Å²) in [7, 11) is -0.963. The van der Waals surface area contributed by atoms with Gasteiger partial charge in [-0.15, -0.1) is 0 Å². The molecule has 0 fully saturated rings. The molecule has 0 bridgehead atoms. The Bertz CT molecular complexity index is 133. The van der Waals surface area contributed by atoms with Crippen LogP contribution in [0.2, 0.25) is 19.6 Å². The monoisotopic (exact) mass is 282 g/mol. The first-order valence-corrected chi connectivity index (χ1v) is 8.92. The van der Waals surface area contributed by atoms with Crippen LogP contribution >= 0.6 is 22.6 Å². The van der Waals surface area contributed by atoms with Gasteiger partial charge in [0.05, 0.1) is 8.07 Å². The van der Waals surface area contributed by atoms with E-state index in [9.17, 15) is 0 Å². The zero-order chi connectivity index (χ0) is 8.91. The molecule has 0 amide bonds. The van der Waals surface area contributed by atoms with E-state index in [1.807, 2.05) is 0 Å². The van der Waals surface area contributed by atoms with Crippen LogP contribution in [0.3, 0.4) is 0 Å². The third-order valence-electron chi connectivity index (χ3n) is 1.60. The summed E-state index contributed by atoms with van der Waals surface area (Å²) in [5, 5.41) is 0. The fourth-order valence-electron chi connectivity index (χ4n) is 0.739. The van der Waals surface area contributed by atoms with Crippen LogP contribution in [-0.4, -0.2) is 8.07 Å². The molecule has 2 heteroatoms. The molecule has 0 radical (unpaired) electrons. The Labute approximate surface area is 85.6 Å². The van der Waals surface area contributed by atoms with E-state index in [0.717, 1.165) is 0 Å². The van der Waals surface area contributed by atoms with E-state index in [1.165, 1.54) is 19.3 Å². The molecule has 0 aromatic heterocycles. The molecule has 0 atom stereocenters. The molecule has 0 heterocycles. The SMILES string of the molecule is CCCC/C=C(\I)[Si](C)(C)C. The lowest BCUT2D eigenvalue weighted by molar-refractivity contribution is 0.815. The van der Waals surface area contributed by atoms with Crippen molar-refractivity contribution >= 4 is 30.7 Å². The quantitative estimate of drug-likeness (QED) is 0.408. The van der Waals surface area contributed by atoms with E-state index in [0.29, 0.717) is 0 Å². The van der Waals surface area contributed by atoms with E-state index >= 15 is 0 Å². The second kappa shape index (κ2) is 5.35. The lowest BCUT2D eigenvalue weighted by Gasteiger charge is -2.14. The lowest BCUT2D eigenvalue weighted by atomic mass is 10.2. The minimum Gasteiger partial charge on any atom is -0.0794 e. The fraction of sp³-hybridized carbons (Fsp3) is 0.778. The molecule has 0 saturated carbocycles. The normalized spacial score (nSPS) is 13.7. The van der Waals surface area contributed by atoms with Gasteiger partial charge in [-0.3, -0.25) is 0 Å². The predicted octanol–water partition coefficient (Wildman–Crippen LogP) is 4.37. The summed E-state index contributed by atoms with van der Waals surface area (Å²) in [5.41, 5.74) is 0. The first-order chi connectivity index (χ1) is 4.98. The summed E-state index contributed by atoms with van der Waals surface area (Å²) < 4.78 is 1.63. The Morgan fingerprint density at radius 2 is 1.91 bits per heavy atom. The molecule has 0 N–H and O–H groups in total. The van der Waals surface area contributed by atoms with Gasteiger partial charge in [0.25, 0.3) is 0 Å². The standard InChI is InChI=1S/C9H19ISi/c1-5-6-7-8-9(10)11(2,3)4/h8H,5-7H2,1-4H3/b9-8+. The van der Waals surface area contributed by atoms with Gasteiger partial charge in [0.1, 0.15) is 0 Å². The van der Waals surface area contributed by atoms with Crippen molar-refractivity contribution in [3.05, 3.63) is 9.28 Å². The second-order valence-electron chi connectivity index (χ2n) is 3.94. The Kier molecular flexibility index (Phi) is 5.69. The number of allylic oxidation sites excluding steroid dienone is 1. The molecule has 66 valence electrons. The van der Waals surface area contributed by atoms with Gasteiger partial charge in [-0.1, -0.05) is 68.1 Å². The van der Waals surface area contributed by atoms with E-state index in [2.05, 4.69) is 55.2 Å². The Morgan fingerprint density at radius 3 is 2.27 bits per heavy atom. The topological polar surface area (TPSA) is 0 Å². The first kappa shape index (κ1) is 11.7. The van der Waals surface area contributed by atoms with Gasteiger partial charge in [0.2, 0.25) is 0 Å². The van der Waals surface area contributed by atoms with E-state index in [1.54, 1.807) is 3.20 Å². The molecule has 0 unspecified atom stereocenters. The van der Waals surface area contributed by atoms with Crippen LogP contribution in [0.4, 0.5) is 0 Å². The van der Waals surface area contributed by atoms with Crippen molar-refractivity contribution in [2.45, 2.75) is 45.8 Å². The van der Waals surface area contributed by atoms with E-state index in [4.69, 9.17) is 0 Å². The zero-order valence-corrected chi connectivity index (χ0v) is 11.2. The maximum Gasteiger partial charge on any atom is 0.0850 e. The predicted molar refractivity (Wildman–Crippen MR) is 65.0 cm³/mol. The van der Waals surface area contributed by atoms with Crippen molar-refractivity contribution in [1.82, 2.24) is 0 Å². The molecule has 0 rings (SSSR count). The van der Waals surface area contributed by atoms with Gasteiger partial charge < -0.3 is 0 Å². The van der Waals surface area contributed by atoms with Crippen LogP contribution < -0.4 is 0 Å². The maximum absolute atomic E-state index is 2.51. The van der Waals surface area contributed by atoms with Crippen molar-refractivity contribution < 1.29 is 0 Å².